The molecule has 7 heteroatoms. The van der Waals surface area contributed by atoms with Crippen molar-refractivity contribution in [2.24, 2.45) is 23.7 Å². The molecule has 0 aliphatic heterocycles. The summed E-state index contributed by atoms with van der Waals surface area (Å²) in [4.78, 5) is 23.4. The summed E-state index contributed by atoms with van der Waals surface area (Å²) in [7, 11) is 0. The molecule has 0 amide bonds. The summed E-state index contributed by atoms with van der Waals surface area (Å²) in [5.74, 6) is -3.41. The van der Waals surface area contributed by atoms with Crippen LogP contribution in [0.1, 0.15) is 63.3 Å². The smallest absolute Gasteiger partial charge is 0.308 e. The number of carboxylic acid groups (broad SMARTS) is 1. The number of hydrogen-bond donors (Lipinski definition) is 4. The lowest BCUT2D eigenvalue weighted by molar-refractivity contribution is -0.159. The number of aliphatic carboxylic acids is 1. The summed E-state index contributed by atoms with van der Waals surface area (Å²) in [5, 5.41) is 39.2. The molecular formula is C23H36O7. The van der Waals surface area contributed by atoms with Gasteiger partial charge in [-0.1, -0.05) is 38.9 Å². The zero-order valence-electron chi connectivity index (χ0n) is 20.6. The molecule has 0 spiro atoms. The fourth-order valence-corrected chi connectivity index (χ4v) is 4.49. The molecule has 0 radical (unpaired) electrons. The molecule has 4 N–H and O–H groups in total. The summed E-state index contributed by atoms with van der Waals surface area (Å²) < 4.78 is 28.6. The minimum Gasteiger partial charge on any atom is -0.481 e. The quantitative estimate of drug-likeness (QED) is 0.395. The van der Waals surface area contributed by atoms with E-state index in [1.807, 2.05) is 19.1 Å². The predicted octanol–water partition coefficient (Wildman–Crippen LogP) is 2.44. The van der Waals surface area contributed by atoms with E-state index in [1.54, 1.807) is 13.0 Å². The van der Waals surface area contributed by atoms with E-state index in [1.165, 1.54) is 0 Å². The number of esters is 1. The minimum atomic E-state index is -2.47. The Morgan fingerprint density at radius 3 is 2.70 bits per heavy atom. The highest BCUT2D eigenvalue weighted by Gasteiger charge is 2.42. The van der Waals surface area contributed by atoms with Gasteiger partial charge in [-0.25, -0.2) is 0 Å². The Hall–Kier alpha value is -1.70. The summed E-state index contributed by atoms with van der Waals surface area (Å²) in [5.41, 5.74) is 0.817. The molecule has 170 valence electrons. The number of hydrogen-bond acceptors (Lipinski definition) is 6. The molecular weight excluding hydrogens is 388 g/mol. The zero-order chi connectivity index (χ0) is 24.9. The molecule has 0 bridgehead atoms. The molecule has 0 saturated carbocycles. The standard InChI is InChI=1S/C23H36O7/c1-4-13(2)23(29)30-20-11-17(25)9-15-6-5-14(3)19(22(15)20)8-7-16(24)10-18(26)12-21(27)28/h5-6,9,13-14,16-20,22,24-26H,4,7-8,10-12H2,1-3H3,(H,27,28)/t13?,14-,16+,17+,18+,19-,20-,22-/m0/s1/i2D3. The van der Waals surface area contributed by atoms with Crippen LogP contribution in [0.4, 0.5) is 0 Å². The van der Waals surface area contributed by atoms with Crippen molar-refractivity contribution in [3.05, 3.63) is 23.8 Å². The van der Waals surface area contributed by atoms with E-state index in [0.29, 0.717) is 12.8 Å². The van der Waals surface area contributed by atoms with Crippen molar-refractivity contribution in [2.45, 2.75) is 83.6 Å². The van der Waals surface area contributed by atoms with Gasteiger partial charge >= 0.3 is 11.9 Å². The van der Waals surface area contributed by atoms with E-state index in [0.717, 1.165) is 5.57 Å². The lowest BCUT2D eigenvalue weighted by Gasteiger charge is -2.43. The van der Waals surface area contributed by atoms with Gasteiger partial charge < -0.3 is 25.2 Å². The number of allylic oxidation sites excluding steroid dienone is 2. The van der Waals surface area contributed by atoms with Crippen molar-refractivity contribution < 1.29 is 38.9 Å². The number of carbonyl (C=O) groups excluding carboxylic acids is 1. The second-order valence-corrected chi connectivity index (χ2v) is 8.53. The Labute approximate surface area is 182 Å². The third-order valence-electron chi connectivity index (χ3n) is 6.12. The zero-order valence-corrected chi connectivity index (χ0v) is 17.6. The monoisotopic (exact) mass is 427 g/mol. The highest BCUT2D eigenvalue weighted by Crippen LogP contribution is 2.44. The Balaban J connectivity index is 2.15. The number of carboxylic acids is 1. The van der Waals surface area contributed by atoms with Crippen molar-refractivity contribution in [1.29, 1.82) is 0 Å². The van der Waals surface area contributed by atoms with Gasteiger partial charge in [0, 0.05) is 16.5 Å². The largest absolute Gasteiger partial charge is 0.481 e. The lowest BCUT2D eigenvalue weighted by atomic mass is 9.66. The van der Waals surface area contributed by atoms with Gasteiger partial charge in [-0.3, -0.25) is 9.59 Å². The first kappa shape index (κ1) is 20.2. The molecule has 8 atom stereocenters. The molecule has 2 rings (SSSR count). The molecule has 0 aromatic heterocycles. The normalized spacial score (nSPS) is 33.2. The van der Waals surface area contributed by atoms with Crippen molar-refractivity contribution in [2.75, 3.05) is 0 Å². The van der Waals surface area contributed by atoms with Crippen LogP contribution in [0.2, 0.25) is 0 Å². The van der Waals surface area contributed by atoms with Crippen LogP contribution in [0, 0.1) is 23.7 Å². The Morgan fingerprint density at radius 2 is 2.07 bits per heavy atom. The van der Waals surface area contributed by atoms with Crippen LogP contribution in [-0.2, 0) is 14.3 Å². The average Bonchev–Trinajstić information content (AvgIpc) is 2.65. The third-order valence-corrected chi connectivity index (χ3v) is 6.12. The van der Waals surface area contributed by atoms with Crippen molar-refractivity contribution in [3.8, 4) is 0 Å². The highest BCUT2D eigenvalue weighted by molar-refractivity contribution is 5.72. The van der Waals surface area contributed by atoms with Crippen molar-refractivity contribution in [3.63, 3.8) is 0 Å². The van der Waals surface area contributed by atoms with Gasteiger partial charge in [0.2, 0.25) is 0 Å². The molecule has 0 fully saturated rings. The molecule has 0 heterocycles. The van der Waals surface area contributed by atoms with Crippen LogP contribution in [-0.4, -0.2) is 56.8 Å². The molecule has 2 aliphatic carbocycles. The summed E-state index contributed by atoms with van der Waals surface area (Å²) in [6.07, 6.45) is 2.69. The van der Waals surface area contributed by atoms with Gasteiger partial charge in [0.1, 0.15) is 6.10 Å². The van der Waals surface area contributed by atoms with Crippen molar-refractivity contribution in [1.82, 2.24) is 0 Å². The number of fused-ring (bicyclic) bond motifs is 1. The van der Waals surface area contributed by atoms with Crippen LogP contribution in [0.25, 0.3) is 0 Å². The van der Waals surface area contributed by atoms with Gasteiger partial charge in [-0.2, -0.15) is 0 Å². The maximum absolute atomic E-state index is 12.7. The molecule has 0 saturated heterocycles. The topological polar surface area (TPSA) is 124 Å². The number of ether oxygens (including phenoxy) is 1. The lowest BCUT2D eigenvalue weighted by Crippen LogP contribution is -2.43. The predicted molar refractivity (Wildman–Crippen MR) is 111 cm³/mol. The van der Waals surface area contributed by atoms with E-state index < -0.39 is 55.5 Å². The summed E-state index contributed by atoms with van der Waals surface area (Å²) >= 11 is 0. The first-order chi connectivity index (χ1) is 15.3. The number of aliphatic hydroxyl groups excluding tert-OH is 3. The average molecular weight is 428 g/mol. The number of aliphatic hydroxyl groups is 3. The number of carbonyl (C=O) groups is 2. The first-order valence-electron chi connectivity index (χ1n) is 12.2. The Kier molecular flexibility index (Phi) is 7.46. The second-order valence-electron chi connectivity index (χ2n) is 8.53. The van der Waals surface area contributed by atoms with Crippen LogP contribution in [0.3, 0.4) is 0 Å². The third kappa shape index (κ3) is 6.65. The number of rotatable bonds is 10. The van der Waals surface area contributed by atoms with Gasteiger partial charge in [-0.15, -0.1) is 0 Å². The molecule has 2 aliphatic rings. The van der Waals surface area contributed by atoms with E-state index in [9.17, 15) is 24.9 Å². The van der Waals surface area contributed by atoms with E-state index in [4.69, 9.17) is 14.0 Å². The molecule has 0 aromatic rings. The molecule has 7 nitrogen and oxygen atoms in total. The van der Waals surface area contributed by atoms with Crippen molar-refractivity contribution >= 4 is 11.9 Å². The van der Waals surface area contributed by atoms with Crippen LogP contribution >= 0.6 is 0 Å². The summed E-state index contributed by atoms with van der Waals surface area (Å²) in [6.45, 7) is 1.15. The van der Waals surface area contributed by atoms with E-state index in [2.05, 4.69) is 0 Å². The molecule has 1 unspecified atom stereocenters. The highest BCUT2D eigenvalue weighted by atomic mass is 16.5. The maximum Gasteiger partial charge on any atom is 0.308 e. The Morgan fingerprint density at radius 1 is 1.33 bits per heavy atom. The molecule has 0 aromatic carbocycles. The Bertz CT molecular complexity index is 749. The van der Waals surface area contributed by atoms with Crippen LogP contribution in [0.5, 0.6) is 0 Å². The van der Waals surface area contributed by atoms with Gasteiger partial charge in [0.25, 0.3) is 0 Å². The fraction of sp³-hybridized carbons (Fsp3) is 0.739. The fourth-order valence-electron chi connectivity index (χ4n) is 4.49. The van der Waals surface area contributed by atoms with Crippen LogP contribution < -0.4 is 0 Å². The van der Waals surface area contributed by atoms with Gasteiger partial charge in [0.15, 0.2) is 0 Å². The first-order valence-corrected chi connectivity index (χ1v) is 10.7. The molecule has 30 heavy (non-hydrogen) atoms. The SMILES string of the molecule is [2H]C([2H])([2H])C(CC)C(=O)O[C@H]1C[C@H](O)C=C2C=C[C@H](C)[C@H](CC[C@@H](O)C[C@@H](O)CC(=O)O)[C@H]21. The van der Waals surface area contributed by atoms with Crippen LogP contribution in [0.15, 0.2) is 23.8 Å². The van der Waals surface area contributed by atoms with E-state index in [-0.39, 0.29) is 37.0 Å². The second kappa shape index (κ2) is 11.1. The van der Waals surface area contributed by atoms with E-state index >= 15 is 0 Å². The van der Waals surface area contributed by atoms with Gasteiger partial charge in [-0.05, 0) is 43.1 Å². The minimum absolute atomic E-state index is 0.0503. The maximum atomic E-state index is 12.7. The van der Waals surface area contributed by atoms with Gasteiger partial charge in [0.05, 0.1) is 30.7 Å². The summed E-state index contributed by atoms with van der Waals surface area (Å²) in [6, 6.07) is 0.